The van der Waals surface area contributed by atoms with Crippen molar-refractivity contribution in [3.63, 3.8) is 0 Å². The van der Waals surface area contributed by atoms with Crippen LogP contribution in [0.3, 0.4) is 0 Å². The first-order valence-corrected chi connectivity index (χ1v) is 9.46. The highest BCUT2D eigenvalue weighted by Crippen LogP contribution is 2.22. The Balaban J connectivity index is 1.58. The molecular weight excluding hydrogens is 378 g/mol. The maximum Gasteiger partial charge on any atom is 0.305 e. The largest absolute Gasteiger partial charge is 0.489 e. The summed E-state index contributed by atoms with van der Waals surface area (Å²) in [6.45, 7) is 2.51. The number of hydrogen-bond acceptors (Lipinski definition) is 6. The molecule has 1 amide bonds. The quantitative estimate of drug-likeness (QED) is 0.553. The molecule has 2 aromatic carbocycles. The molecule has 0 aliphatic carbocycles. The van der Waals surface area contributed by atoms with Crippen LogP contribution in [0.25, 0.3) is 0 Å². The van der Waals surface area contributed by atoms with E-state index in [9.17, 15) is 9.59 Å². The van der Waals surface area contributed by atoms with Gasteiger partial charge in [-0.15, -0.1) is 5.10 Å². The first kappa shape index (κ1) is 19.6. The van der Waals surface area contributed by atoms with Gasteiger partial charge < -0.3 is 15.2 Å². The van der Waals surface area contributed by atoms with Crippen LogP contribution in [0.15, 0.2) is 58.7 Å². The molecule has 1 atom stereocenters. The second-order valence-corrected chi connectivity index (χ2v) is 7.38. The average molecular weight is 397 g/mol. The second-order valence-electron chi connectivity index (χ2n) is 6.19. The molecule has 1 fully saturated rings. The molecule has 1 heterocycles. The van der Waals surface area contributed by atoms with Crippen LogP contribution in [0.5, 0.6) is 5.75 Å². The molecule has 2 N–H and O–H groups in total. The van der Waals surface area contributed by atoms with Crippen molar-refractivity contribution in [3.05, 3.63) is 65.2 Å². The number of aliphatic carboxylic acids is 1. The van der Waals surface area contributed by atoms with Crippen LogP contribution < -0.4 is 10.1 Å². The van der Waals surface area contributed by atoms with Crippen LogP contribution >= 0.6 is 11.8 Å². The number of ether oxygens (including phenoxy) is 1. The summed E-state index contributed by atoms with van der Waals surface area (Å²) in [4.78, 5) is 22.4. The van der Waals surface area contributed by atoms with E-state index in [1.165, 1.54) is 5.56 Å². The first-order chi connectivity index (χ1) is 13.5. The average Bonchev–Trinajstić information content (AvgIpc) is 2.99. The maximum absolute atomic E-state index is 11.7. The van der Waals surface area contributed by atoms with Crippen LogP contribution in [0.4, 0.5) is 0 Å². The fourth-order valence-electron chi connectivity index (χ4n) is 2.55. The van der Waals surface area contributed by atoms with Crippen molar-refractivity contribution in [2.24, 2.45) is 10.2 Å². The zero-order chi connectivity index (χ0) is 19.9. The highest BCUT2D eigenvalue weighted by molar-refractivity contribution is 8.15. The Labute approximate surface area is 166 Å². The van der Waals surface area contributed by atoms with Gasteiger partial charge in [0.15, 0.2) is 5.17 Å². The predicted molar refractivity (Wildman–Crippen MR) is 109 cm³/mol. The monoisotopic (exact) mass is 397 g/mol. The van der Waals surface area contributed by atoms with Gasteiger partial charge in [0.25, 0.3) is 0 Å². The number of carbonyl (C=O) groups is 2. The topological polar surface area (TPSA) is 100 Å². The number of aryl methyl sites for hydroxylation is 1. The number of amides is 1. The van der Waals surface area contributed by atoms with Crippen LogP contribution in [0.2, 0.25) is 0 Å². The second kappa shape index (κ2) is 9.18. The number of carboxylic acid groups (broad SMARTS) is 1. The summed E-state index contributed by atoms with van der Waals surface area (Å²) in [5, 5.41) is 18.8. The van der Waals surface area contributed by atoms with Gasteiger partial charge in [-0.25, -0.2) is 0 Å². The van der Waals surface area contributed by atoms with Gasteiger partial charge in [-0.3, -0.25) is 9.59 Å². The smallest absolute Gasteiger partial charge is 0.305 e. The van der Waals surface area contributed by atoms with Crippen LogP contribution in [-0.2, 0) is 16.2 Å². The number of nitrogens with zero attached hydrogens (tertiary/aromatic N) is 2. The summed E-state index contributed by atoms with van der Waals surface area (Å²) in [6.07, 6.45) is 1.29. The van der Waals surface area contributed by atoms with Crippen molar-refractivity contribution in [2.75, 3.05) is 0 Å². The molecule has 7 nitrogen and oxygen atoms in total. The third-order valence-electron chi connectivity index (χ3n) is 3.84. The van der Waals surface area contributed by atoms with Gasteiger partial charge in [0.2, 0.25) is 5.91 Å². The minimum atomic E-state index is -1.03. The molecular formula is C20H19N3O4S. The number of carbonyl (C=O) groups excluding carboxylic acids is 1. The Kier molecular flexibility index (Phi) is 6.44. The molecule has 0 saturated carbocycles. The molecule has 0 radical (unpaired) electrons. The van der Waals surface area contributed by atoms with Crippen molar-refractivity contribution in [1.29, 1.82) is 0 Å². The highest BCUT2D eigenvalue weighted by Gasteiger charge is 2.32. The van der Waals surface area contributed by atoms with E-state index < -0.39 is 11.2 Å². The Hall–Kier alpha value is -3.13. The zero-order valence-electron chi connectivity index (χ0n) is 15.2. The van der Waals surface area contributed by atoms with E-state index in [1.807, 2.05) is 49.4 Å². The molecule has 1 aliphatic rings. The summed E-state index contributed by atoms with van der Waals surface area (Å²) in [5.74, 6) is -0.684. The van der Waals surface area contributed by atoms with Crippen molar-refractivity contribution in [2.45, 2.75) is 25.2 Å². The number of rotatable bonds is 7. The van der Waals surface area contributed by atoms with Crippen LogP contribution in [-0.4, -0.2) is 33.6 Å². The Morgan fingerprint density at radius 2 is 2.11 bits per heavy atom. The molecule has 28 heavy (non-hydrogen) atoms. The van der Waals surface area contributed by atoms with E-state index in [-0.39, 0.29) is 12.3 Å². The summed E-state index contributed by atoms with van der Waals surface area (Å²) < 4.78 is 5.82. The van der Waals surface area contributed by atoms with E-state index >= 15 is 0 Å². The molecule has 1 saturated heterocycles. The van der Waals surface area contributed by atoms with Gasteiger partial charge in [0.05, 0.1) is 12.6 Å². The molecule has 144 valence electrons. The molecule has 1 aliphatic heterocycles. The number of carboxylic acids is 1. The lowest BCUT2D eigenvalue weighted by atomic mass is 10.1. The molecule has 8 heteroatoms. The Bertz CT molecular complexity index is 943. The molecule has 0 aromatic heterocycles. The highest BCUT2D eigenvalue weighted by atomic mass is 32.2. The molecule has 3 rings (SSSR count). The van der Waals surface area contributed by atoms with Gasteiger partial charge in [-0.05, 0) is 30.2 Å². The Morgan fingerprint density at radius 1 is 1.29 bits per heavy atom. The van der Waals surface area contributed by atoms with Crippen molar-refractivity contribution >= 4 is 35.0 Å². The van der Waals surface area contributed by atoms with Gasteiger partial charge in [0, 0.05) is 0 Å². The lowest BCUT2D eigenvalue weighted by Crippen LogP contribution is -2.26. The fourth-order valence-corrected chi connectivity index (χ4v) is 3.46. The van der Waals surface area contributed by atoms with Crippen LogP contribution in [0, 0.1) is 6.92 Å². The summed E-state index contributed by atoms with van der Waals surface area (Å²) in [5.41, 5.74) is 3.07. The predicted octanol–water partition coefficient (Wildman–Crippen LogP) is 2.97. The third-order valence-corrected chi connectivity index (χ3v) is 4.91. The van der Waals surface area contributed by atoms with Gasteiger partial charge in [-0.1, -0.05) is 53.7 Å². The fraction of sp³-hybridized carbons (Fsp3) is 0.200. The Morgan fingerprint density at radius 3 is 2.89 bits per heavy atom. The van der Waals surface area contributed by atoms with Crippen molar-refractivity contribution in [1.82, 2.24) is 5.32 Å². The van der Waals surface area contributed by atoms with E-state index in [2.05, 4.69) is 21.6 Å². The maximum atomic E-state index is 11.7. The standard InChI is InChI=1S/C20H19N3O4S/c1-13-4-2-6-15(8-13)12-27-16-7-3-5-14(9-16)11-21-23-20-22-19(26)17(28-20)10-18(24)25/h2-9,11,17H,10,12H2,1H3,(H,24,25)(H,22,23,26). The number of amidine groups is 1. The lowest BCUT2D eigenvalue weighted by Gasteiger charge is -2.07. The number of nitrogens with one attached hydrogen (secondary N) is 1. The summed E-state index contributed by atoms with van der Waals surface area (Å²) in [6, 6.07) is 15.5. The molecule has 0 spiro atoms. The summed E-state index contributed by atoms with van der Waals surface area (Å²) in [7, 11) is 0. The zero-order valence-corrected chi connectivity index (χ0v) is 16.0. The van der Waals surface area contributed by atoms with Crippen molar-refractivity contribution in [3.8, 4) is 5.75 Å². The third kappa shape index (κ3) is 5.68. The van der Waals surface area contributed by atoms with E-state index in [0.29, 0.717) is 17.5 Å². The van der Waals surface area contributed by atoms with Gasteiger partial charge in [0.1, 0.15) is 17.6 Å². The van der Waals surface area contributed by atoms with Crippen LogP contribution in [0.1, 0.15) is 23.1 Å². The molecule has 2 aromatic rings. The van der Waals surface area contributed by atoms with E-state index in [1.54, 1.807) is 6.21 Å². The number of thioether (sulfide) groups is 1. The minimum absolute atomic E-state index is 0.250. The van der Waals surface area contributed by atoms with Crippen molar-refractivity contribution < 1.29 is 19.4 Å². The number of benzene rings is 2. The van der Waals surface area contributed by atoms with Gasteiger partial charge >= 0.3 is 5.97 Å². The van der Waals surface area contributed by atoms with E-state index in [0.717, 1.165) is 22.9 Å². The first-order valence-electron chi connectivity index (χ1n) is 8.58. The minimum Gasteiger partial charge on any atom is -0.489 e. The normalized spacial score (nSPS) is 17.8. The molecule has 1 unspecified atom stereocenters. The lowest BCUT2D eigenvalue weighted by molar-refractivity contribution is -0.138. The van der Waals surface area contributed by atoms with E-state index in [4.69, 9.17) is 9.84 Å². The summed E-state index contributed by atoms with van der Waals surface area (Å²) >= 11 is 1.06. The molecule has 0 bridgehead atoms. The number of hydrogen-bond donors (Lipinski definition) is 2. The van der Waals surface area contributed by atoms with Gasteiger partial charge in [-0.2, -0.15) is 5.10 Å². The SMILES string of the molecule is Cc1cccc(COc2cccc(C=NN=C3NC(=O)C(CC(=O)O)S3)c2)c1.